The number of hydrogen-bond donors (Lipinski definition) is 2. The van der Waals surface area contributed by atoms with Crippen LogP contribution in [0.25, 0.3) is 0 Å². The first-order chi connectivity index (χ1) is 8.81. The van der Waals surface area contributed by atoms with Crippen molar-refractivity contribution in [3.05, 3.63) is 35.4 Å². The van der Waals surface area contributed by atoms with Crippen LogP contribution in [0.2, 0.25) is 0 Å². The molecule has 18 heavy (non-hydrogen) atoms. The summed E-state index contributed by atoms with van der Waals surface area (Å²) in [6.07, 6.45) is 2.93. The molecule has 1 aromatic carbocycles. The standard InChI is InChI=1S/C15H22N2O/c18-15-5-7-17(8-6-15)11-14-9-12-3-1-2-4-13(12)10-16-14/h1-4,14-16,18H,5-11H2/t14-/m0/s1. The van der Waals surface area contributed by atoms with Crippen LogP contribution in [0, 0.1) is 0 Å². The van der Waals surface area contributed by atoms with Gasteiger partial charge in [0.2, 0.25) is 0 Å². The van der Waals surface area contributed by atoms with E-state index in [2.05, 4.69) is 34.5 Å². The summed E-state index contributed by atoms with van der Waals surface area (Å²) in [4.78, 5) is 2.48. The quantitative estimate of drug-likeness (QED) is 0.822. The minimum Gasteiger partial charge on any atom is -0.393 e. The Morgan fingerprint density at radius 1 is 1.17 bits per heavy atom. The van der Waals surface area contributed by atoms with Crippen LogP contribution >= 0.6 is 0 Å². The molecule has 2 heterocycles. The van der Waals surface area contributed by atoms with Crippen molar-refractivity contribution in [3.8, 4) is 0 Å². The average molecular weight is 246 g/mol. The number of fused-ring (bicyclic) bond motifs is 1. The Hall–Kier alpha value is -0.900. The monoisotopic (exact) mass is 246 g/mol. The molecule has 0 radical (unpaired) electrons. The number of benzene rings is 1. The van der Waals surface area contributed by atoms with Gasteiger partial charge in [0.1, 0.15) is 0 Å². The van der Waals surface area contributed by atoms with Crippen molar-refractivity contribution in [2.75, 3.05) is 19.6 Å². The maximum absolute atomic E-state index is 9.52. The van der Waals surface area contributed by atoms with Crippen LogP contribution in [0.3, 0.4) is 0 Å². The van der Waals surface area contributed by atoms with E-state index in [0.29, 0.717) is 6.04 Å². The molecule has 98 valence electrons. The van der Waals surface area contributed by atoms with Crippen LogP contribution in [-0.2, 0) is 13.0 Å². The lowest BCUT2D eigenvalue weighted by atomic mass is 9.95. The number of aliphatic hydroxyl groups excluding tert-OH is 1. The molecule has 2 aliphatic rings. The van der Waals surface area contributed by atoms with E-state index in [1.54, 1.807) is 0 Å². The van der Waals surface area contributed by atoms with E-state index >= 15 is 0 Å². The summed E-state index contributed by atoms with van der Waals surface area (Å²) in [5.41, 5.74) is 2.95. The molecule has 0 unspecified atom stereocenters. The van der Waals surface area contributed by atoms with Gasteiger partial charge >= 0.3 is 0 Å². The second-order valence-corrected chi connectivity index (χ2v) is 5.58. The number of nitrogens with one attached hydrogen (secondary N) is 1. The molecule has 0 aromatic heterocycles. The van der Waals surface area contributed by atoms with Crippen molar-refractivity contribution >= 4 is 0 Å². The van der Waals surface area contributed by atoms with E-state index in [4.69, 9.17) is 0 Å². The summed E-state index contributed by atoms with van der Waals surface area (Å²) in [5.74, 6) is 0. The Labute approximate surface area is 109 Å². The summed E-state index contributed by atoms with van der Waals surface area (Å²) in [6, 6.07) is 9.29. The molecule has 0 bridgehead atoms. The van der Waals surface area contributed by atoms with Crippen LogP contribution in [0.1, 0.15) is 24.0 Å². The fraction of sp³-hybridized carbons (Fsp3) is 0.600. The third-order valence-electron chi connectivity index (χ3n) is 4.20. The highest BCUT2D eigenvalue weighted by molar-refractivity contribution is 5.29. The molecule has 0 amide bonds. The predicted octanol–water partition coefficient (Wildman–Crippen LogP) is 1.16. The van der Waals surface area contributed by atoms with Gasteiger partial charge in [-0.15, -0.1) is 0 Å². The second-order valence-electron chi connectivity index (χ2n) is 5.58. The summed E-state index contributed by atoms with van der Waals surface area (Å²) in [5, 5.41) is 13.2. The molecule has 1 fully saturated rings. The van der Waals surface area contributed by atoms with E-state index in [1.807, 2.05) is 0 Å². The molecule has 1 saturated heterocycles. The summed E-state index contributed by atoms with van der Waals surface area (Å²) < 4.78 is 0. The molecule has 0 saturated carbocycles. The zero-order valence-corrected chi connectivity index (χ0v) is 10.8. The van der Waals surface area contributed by atoms with E-state index in [-0.39, 0.29) is 6.10 Å². The first-order valence-electron chi connectivity index (χ1n) is 7.02. The van der Waals surface area contributed by atoms with Crippen molar-refractivity contribution in [1.82, 2.24) is 10.2 Å². The normalized spacial score (nSPS) is 25.9. The van der Waals surface area contributed by atoms with Crippen LogP contribution in [0.4, 0.5) is 0 Å². The minimum atomic E-state index is -0.0682. The number of piperidine rings is 1. The molecule has 0 spiro atoms. The van der Waals surface area contributed by atoms with Crippen molar-refractivity contribution in [2.24, 2.45) is 0 Å². The van der Waals surface area contributed by atoms with Gasteiger partial charge in [0, 0.05) is 32.2 Å². The van der Waals surface area contributed by atoms with Gasteiger partial charge in [-0.2, -0.15) is 0 Å². The maximum Gasteiger partial charge on any atom is 0.0564 e. The molecule has 1 aromatic rings. The Balaban J connectivity index is 1.56. The number of nitrogens with zero attached hydrogens (tertiary/aromatic N) is 1. The smallest absolute Gasteiger partial charge is 0.0564 e. The van der Waals surface area contributed by atoms with Gasteiger partial charge in [0.05, 0.1) is 6.10 Å². The van der Waals surface area contributed by atoms with Crippen LogP contribution in [0.5, 0.6) is 0 Å². The number of aliphatic hydroxyl groups is 1. The SMILES string of the molecule is OC1CCN(C[C@@H]2Cc3ccccc3CN2)CC1. The van der Waals surface area contributed by atoms with Gasteiger partial charge in [-0.05, 0) is 30.4 Å². The summed E-state index contributed by atoms with van der Waals surface area (Å²) in [7, 11) is 0. The largest absolute Gasteiger partial charge is 0.393 e. The van der Waals surface area contributed by atoms with E-state index in [0.717, 1.165) is 45.4 Å². The highest BCUT2D eigenvalue weighted by atomic mass is 16.3. The van der Waals surface area contributed by atoms with Gasteiger partial charge < -0.3 is 15.3 Å². The van der Waals surface area contributed by atoms with Gasteiger partial charge in [0.25, 0.3) is 0 Å². The fourth-order valence-corrected chi connectivity index (χ4v) is 3.06. The van der Waals surface area contributed by atoms with Crippen LogP contribution in [-0.4, -0.2) is 41.8 Å². The highest BCUT2D eigenvalue weighted by Gasteiger charge is 2.22. The van der Waals surface area contributed by atoms with E-state index < -0.39 is 0 Å². The van der Waals surface area contributed by atoms with Crippen LogP contribution < -0.4 is 5.32 Å². The van der Waals surface area contributed by atoms with Crippen molar-refractivity contribution in [2.45, 2.75) is 38.0 Å². The molecule has 0 aliphatic carbocycles. The molecule has 3 rings (SSSR count). The summed E-state index contributed by atoms with van der Waals surface area (Å²) in [6.45, 7) is 4.19. The lowest BCUT2D eigenvalue weighted by Crippen LogP contribution is -2.47. The third-order valence-corrected chi connectivity index (χ3v) is 4.20. The van der Waals surface area contributed by atoms with E-state index in [1.165, 1.54) is 11.1 Å². The Morgan fingerprint density at radius 3 is 2.67 bits per heavy atom. The topological polar surface area (TPSA) is 35.5 Å². The van der Waals surface area contributed by atoms with Crippen molar-refractivity contribution in [1.29, 1.82) is 0 Å². The fourth-order valence-electron chi connectivity index (χ4n) is 3.06. The zero-order valence-electron chi connectivity index (χ0n) is 10.8. The summed E-state index contributed by atoms with van der Waals surface area (Å²) >= 11 is 0. The second kappa shape index (κ2) is 5.39. The van der Waals surface area contributed by atoms with E-state index in [9.17, 15) is 5.11 Å². The molecule has 1 atom stereocenters. The van der Waals surface area contributed by atoms with Crippen LogP contribution in [0.15, 0.2) is 24.3 Å². The Bertz CT molecular complexity index is 399. The Kier molecular flexibility index (Phi) is 3.64. The van der Waals surface area contributed by atoms with Crippen molar-refractivity contribution in [3.63, 3.8) is 0 Å². The lowest BCUT2D eigenvalue weighted by molar-refractivity contribution is 0.0772. The molecular weight excluding hydrogens is 224 g/mol. The predicted molar refractivity (Wildman–Crippen MR) is 72.5 cm³/mol. The van der Waals surface area contributed by atoms with Gasteiger partial charge in [-0.3, -0.25) is 0 Å². The maximum atomic E-state index is 9.52. The van der Waals surface area contributed by atoms with Crippen molar-refractivity contribution < 1.29 is 5.11 Å². The number of hydrogen-bond acceptors (Lipinski definition) is 3. The average Bonchev–Trinajstić information content (AvgIpc) is 2.41. The number of rotatable bonds is 2. The molecular formula is C15H22N2O. The first kappa shape index (κ1) is 12.2. The molecule has 3 nitrogen and oxygen atoms in total. The highest BCUT2D eigenvalue weighted by Crippen LogP contribution is 2.18. The first-order valence-corrected chi connectivity index (χ1v) is 7.02. The molecule has 2 N–H and O–H groups in total. The number of likely N-dealkylation sites (tertiary alicyclic amines) is 1. The molecule has 3 heteroatoms. The zero-order chi connectivity index (χ0) is 12.4. The van der Waals surface area contributed by atoms with Gasteiger partial charge in [0.15, 0.2) is 0 Å². The van der Waals surface area contributed by atoms with Gasteiger partial charge in [-0.25, -0.2) is 0 Å². The Morgan fingerprint density at radius 2 is 1.89 bits per heavy atom. The molecule has 2 aliphatic heterocycles. The lowest BCUT2D eigenvalue weighted by Gasteiger charge is -2.34. The van der Waals surface area contributed by atoms with Gasteiger partial charge in [-0.1, -0.05) is 24.3 Å². The third kappa shape index (κ3) is 2.74. The minimum absolute atomic E-state index is 0.0682.